The summed E-state index contributed by atoms with van der Waals surface area (Å²) >= 11 is 0. The summed E-state index contributed by atoms with van der Waals surface area (Å²) in [6.45, 7) is 3.50. The molecule has 2 atom stereocenters. The number of nitrogens with one attached hydrogen (secondary N) is 1. The molecular weight excluding hydrogens is 725 g/mol. The maximum absolute atomic E-state index is 12.1. The van der Waals surface area contributed by atoms with Crippen LogP contribution in [0.1, 0.15) is 200 Å². The van der Waals surface area contributed by atoms with E-state index in [2.05, 4.69) is 67.8 Å². The number of hydrogen-bond acceptors (Lipinski definition) is 7. The van der Waals surface area contributed by atoms with Gasteiger partial charge < -0.3 is 20.1 Å². The van der Waals surface area contributed by atoms with Crippen LogP contribution in [0.3, 0.4) is 0 Å². The summed E-state index contributed by atoms with van der Waals surface area (Å²) in [7, 11) is -4.42. The lowest BCUT2D eigenvalue weighted by molar-refractivity contribution is -0.147. The van der Waals surface area contributed by atoms with Crippen LogP contribution in [0.4, 0.5) is 0 Å². The number of carbonyl (C=O) groups is 2. The quantitative estimate of drug-likeness (QED) is 0.0240. The molecule has 0 saturated heterocycles. The second-order valence-corrected chi connectivity index (χ2v) is 16.5. The topological polar surface area (TPSA) is 131 Å². The summed E-state index contributed by atoms with van der Waals surface area (Å²) in [5, 5.41) is 12.7. The molecule has 0 aromatic carbocycles. The number of aliphatic hydroxyl groups excluding tert-OH is 1. The van der Waals surface area contributed by atoms with E-state index in [0.29, 0.717) is 6.42 Å². The molecule has 0 aliphatic carbocycles. The van der Waals surface area contributed by atoms with Crippen molar-refractivity contribution in [2.45, 2.75) is 206 Å². The molecule has 9 nitrogen and oxygen atoms in total. The third-order valence-corrected chi connectivity index (χ3v) is 10.5. The van der Waals surface area contributed by atoms with Crippen molar-refractivity contribution < 1.29 is 37.9 Å². The van der Waals surface area contributed by atoms with Crippen molar-refractivity contribution in [2.24, 2.45) is 0 Å². The van der Waals surface area contributed by atoms with Gasteiger partial charge in [0.1, 0.15) is 12.7 Å². The Bertz CT molecular complexity index is 1060. The van der Waals surface area contributed by atoms with E-state index in [1.54, 1.807) is 0 Å². The van der Waals surface area contributed by atoms with Crippen LogP contribution in [0.2, 0.25) is 0 Å². The number of rotatable bonds is 42. The van der Waals surface area contributed by atoms with E-state index in [0.717, 1.165) is 77.0 Å². The predicted octanol–water partition coefficient (Wildman–Crippen LogP) is 12.7. The normalized spacial score (nSPS) is 13.7. The smallest absolute Gasteiger partial charge is 0.463 e. The molecule has 0 aromatic rings. The minimum absolute atomic E-state index is 0.0748. The highest BCUT2D eigenvalue weighted by Crippen LogP contribution is 2.42. The second-order valence-electron chi connectivity index (χ2n) is 15.0. The Kier molecular flexibility index (Phi) is 41.0. The molecule has 0 aliphatic rings. The molecule has 10 heteroatoms. The van der Waals surface area contributed by atoms with E-state index in [9.17, 15) is 24.2 Å². The number of aliphatic hydroxyl groups is 1. The molecule has 0 heterocycles. The average Bonchev–Trinajstić information content (AvgIpc) is 3.18. The maximum atomic E-state index is 12.1. The first-order chi connectivity index (χ1) is 27.3. The molecule has 0 bridgehead atoms. The average molecular weight is 810 g/mol. The van der Waals surface area contributed by atoms with E-state index in [4.69, 9.17) is 13.8 Å². The fourth-order valence-electron chi connectivity index (χ4n) is 6.03. The lowest BCUT2D eigenvalue weighted by atomic mass is 10.1. The molecule has 0 fully saturated rings. The Morgan fingerprint density at radius 3 is 1.50 bits per heavy atom. The van der Waals surface area contributed by atoms with Crippen LogP contribution in [-0.2, 0) is 27.9 Å². The molecule has 0 rings (SSSR count). The Hall–Kier alpha value is -2.03. The van der Waals surface area contributed by atoms with Gasteiger partial charge >= 0.3 is 13.8 Å². The van der Waals surface area contributed by atoms with Gasteiger partial charge in [-0.1, -0.05) is 159 Å². The van der Waals surface area contributed by atoms with Crippen molar-refractivity contribution in [3.05, 3.63) is 48.6 Å². The number of unbranched alkanes of at least 4 members (excludes halogenated alkanes) is 21. The molecule has 0 saturated carbocycles. The Morgan fingerprint density at radius 2 is 0.964 bits per heavy atom. The maximum Gasteiger partial charge on any atom is 0.472 e. The Labute approximate surface area is 343 Å². The number of amides is 1. The number of carbonyl (C=O) groups excluding carboxylic acids is 2. The first-order valence-corrected chi connectivity index (χ1v) is 24.1. The van der Waals surface area contributed by atoms with Crippen molar-refractivity contribution >= 4 is 19.7 Å². The van der Waals surface area contributed by atoms with Crippen LogP contribution < -0.4 is 5.32 Å². The summed E-state index contributed by atoms with van der Waals surface area (Å²) < 4.78 is 26.9. The summed E-state index contributed by atoms with van der Waals surface area (Å²) in [4.78, 5) is 33.9. The molecule has 0 aliphatic heterocycles. The number of esters is 1. The highest BCUT2D eigenvalue weighted by molar-refractivity contribution is 7.47. The van der Waals surface area contributed by atoms with E-state index in [-0.39, 0.29) is 32.1 Å². The van der Waals surface area contributed by atoms with Crippen LogP contribution in [0.25, 0.3) is 0 Å². The van der Waals surface area contributed by atoms with Crippen molar-refractivity contribution in [2.75, 3.05) is 26.4 Å². The van der Waals surface area contributed by atoms with Gasteiger partial charge in [-0.2, -0.15) is 0 Å². The lowest BCUT2D eigenvalue weighted by Gasteiger charge is -2.15. The van der Waals surface area contributed by atoms with Gasteiger partial charge in [-0.15, -0.1) is 0 Å². The number of allylic oxidation sites excluding steroid dienone is 8. The van der Waals surface area contributed by atoms with Crippen molar-refractivity contribution in [3.63, 3.8) is 0 Å². The highest BCUT2D eigenvalue weighted by atomic mass is 31.2. The van der Waals surface area contributed by atoms with Crippen molar-refractivity contribution in [1.82, 2.24) is 5.32 Å². The number of phosphoric ester groups is 1. The molecular formula is C46H84NO8P. The van der Waals surface area contributed by atoms with E-state index in [1.807, 2.05) is 0 Å². The van der Waals surface area contributed by atoms with E-state index >= 15 is 0 Å². The minimum atomic E-state index is -4.42. The summed E-state index contributed by atoms with van der Waals surface area (Å²) in [6.07, 6.45) is 48.9. The zero-order chi connectivity index (χ0) is 41.1. The van der Waals surface area contributed by atoms with Crippen LogP contribution in [0.15, 0.2) is 48.6 Å². The molecule has 0 aromatic heterocycles. The van der Waals surface area contributed by atoms with Gasteiger partial charge in [0, 0.05) is 19.4 Å². The molecule has 326 valence electrons. The van der Waals surface area contributed by atoms with Gasteiger partial charge in [0.2, 0.25) is 5.91 Å². The minimum Gasteiger partial charge on any atom is -0.463 e. The van der Waals surface area contributed by atoms with E-state index in [1.165, 1.54) is 96.3 Å². The van der Waals surface area contributed by atoms with Gasteiger partial charge in [0.15, 0.2) is 0 Å². The van der Waals surface area contributed by atoms with Gasteiger partial charge in [-0.3, -0.25) is 18.6 Å². The summed E-state index contributed by atoms with van der Waals surface area (Å²) in [6, 6.07) is 0. The third kappa shape index (κ3) is 43.1. The molecule has 1 amide bonds. The summed E-state index contributed by atoms with van der Waals surface area (Å²) in [5.41, 5.74) is 0. The van der Waals surface area contributed by atoms with Crippen LogP contribution >= 0.6 is 7.82 Å². The fraction of sp³-hybridized carbons (Fsp3) is 0.783. The Balaban J connectivity index is 3.63. The van der Waals surface area contributed by atoms with Crippen LogP contribution in [0, 0.1) is 0 Å². The van der Waals surface area contributed by atoms with Crippen molar-refractivity contribution in [3.8, 4) is 0 Å². The summed E-state index contributed by atoms with van der Waals surface area (Å²) in [5.74, 6) is -0.537. The molecule has 2 unspecified atom stereocenters. The molecule has 0 spiro atoms. The fourth-order valence-corrected chi connectivity index (χ4v) is 6.79. The largest absolute Gasteiger partial charge is 0.472 e. The third-order valence-electron chi connectivity index (χ3n) is 9.48. The van der Waals surface area contributed by atoms with Gasteiger partial charge in [-0.05, 0) is 77.0 Å². The molecule has 56 heavy (non-hydrogen) atoms. The van der Waals surface area contributed by atoms with Gasteiger partial charge in [-0.25, -0.2) is 4.57 Å². The van der Waals surface area contributed by atoms with Gasteiger partial charge in [0.25, 0.3) is 0 Å². The van der Waals surface area contributed by atoms with Crippen LogP contribution in [-0.4, -0.2) is 54.3 Å². The predicted molar refractivity (Wildman–Crippen MR) is 234 cm³/mol. The standard InChI is InChI=1S/C46H84NO8P/c1-3-5-7-9-11-13-15-17-19-21-22-23-25-27-29-31-33-35-37-39-46(50)53-42-44(48)43-55-56(51,52)54-41-40-47-45(49)38-36-34-32-30-28-26-24-20-18-16-14-12-10-8-6-4-2/h11,13,17,19-20,22-24,44,48H,3-10,12,14-16,18,21,25-43H2,1-2H3,(H,47,49)(H,51,52)/b13-11-,19-17-,23-22-,24-20-. The molecule has 3 N–H and O–H groups in total. The first-order valence-electron chi connectivity index (χ1n) is 22.6. The zero-order valence-electron chi connectivity index (χ0n) is 35.8. The Morgan fingerprint density at radius 1 is 0.554 bits per heavy atom. The SMILES string of the molecule is CCCCC/C=C\C/C=C\C/C=C\CCCCCCCCC(=O)OCC(O)COP(=O)(O)OCCNC(=O)CCCCCCC/C=C\CCCCCCCCC. The first kappa shape index (κ1) is 54.0. The lowest BCUT2D eigenvalue weighted by Crippen LogP contribution is -2.27. The second kappa shape index (κ2) is 42.6. The number of hydrogen-bond donors (Lipinski definition) is 3. The van der Waals surface area contributed by atoms with Crippen molar-refractivity contribution in [1.29, 1.82) is 0 Å². The molecule has 0 radical (unpaired) electrons. The van der Waals surface area contributed by atoms with Gasteiger partial charge in [0.05, 0.1) is 13.2 Å². The monoisotopic (exact) mass is 810 g/mol. The number of phosphoric acid groups is 1. The van der Waals surface area contributed by atoms with E-state index < -0.39 is 26.5 Å². The van der Waals surface area contributed by atoms with Crippen LogP contribution in [0.5, 0.6) is 0 Å². The number of ether oxygens (including phenoxy) is 1. The highest BCUT2D eigenvalue weighted by Gasteiger charge is 2.23. The zero-order valence-corrected chi connectivity index (χ0v) is 36.7.